The highest BCUT2D eigenvalue weighted by Gasteiger charge is 2.46. The van der Waals surface area contributed by atoms with Crippen molar-refractivity contribution in [1.29, 1.82) is 5.26 Å². The summed E-state index contributed by atoms with van der Waals surface area (Å²) in [4.78, 5) is 0. The Labute approximate surface area is 219 Å². The highest BCUT2D eigenvalue weighted by Crippen LogP contribution is 2.56. The Bertz CT molecular complexity index is 1590. The van der Waals surface area contributed by atoms with Crippen LogP contribution in [0.25, 0.3) is 22.3 Å². The highest BCUT2D eigenvalue weighted by molar-refractivity contribution is 5.88. The van der Waals surface area contributed by atoms with Gasteiger partial charge in [0.15, 0.2) is 0 Å². The van der Waals surface area contributed by atoms with Gasteiger partial charge in [-0.15, -0.1) is 0 Å². The summed E-state index contributed by atoms with van der Waals surface area (Å²) in [5, 5.41) is 9.82. The SMILES string of the molecule is CC(C)(C)c1ccc(-c2ccc3c(c2)C(c2ccccc2)(c2ccccc2)c2cc(C#N)ccc2-3)cc1. The molecule has 0 bridgehead atoms. The summed E-state index contributed by atoms with van der Waals surface area (Å²) in [5.41, 5.74) is 11.3. The molecule has 1 nitrogen and oxygen atoms in total. The molecular weight excluding hydrogens is 446 g/mol. The van der Waals surface area contributed by atoms with Gasteiger partial charge in [-0.3, -0.25) is 0 Å². The lowest BCUT2D eigenvalue weighted by atomic mass is 9.67. The molecule has 0 amide bonds. The monoisotopic (exact) mass is 475 g/mol. The van der Waals surface area contributed by atoms with Gasteiger partial charge in [-0.2, -0.15) is 5.26 Å². The minimum Gasteiger partial charge on any atom is -0.192 e. The van der Waals surface area contributed by atoms with E-state index in [0.29, 0.717) is 5.56 Å². The molecule has 0 N–H and O–H groups in total. The van der Waals surface area contributed by atoms with E-state index in [2.05, 4.69) is 142 Å². The van der Waals surface area contributed by atoms with E-state index in [0.717, 1.165) is 0 Å². The third-order valence-corrected chi connectivity index (χ3v) is 7.76. The zero-order chi connectivity index (χ0) is 25.6. The summed E-state index contributed by atoms with van der Waals surface area (Å²) in [6.07, 6.45) is 0. The average molecular weight is 476 g/mol. The Morgan fingerprint density at radius 3 is 1.62 bits per heavy atom. The third kappa shape index (κ3) is 3.61. The van der Waals surface area contributed by atoms with Crippen molar-refractivity contribution in [2.24, 2.45) is 0 Å². The predicted octanol–water partition coefficient (Wildman–Crippen LogP) is 8.89. The molecule has 0 spiro atoms. The minimum atomic E-state index is -0.512. The minimum absolute atomic E-state index is 0.117. The number of hydrogen-bond acceptors (Lipinski definition) is 1. The molecule has 0 heterocycles. The fourth-order valence-electron chi connectivity index (χ4n) is 5.90. The van der Waals surface area contributed by atoms with Crippen LogP contribution in [0.2, 0.25) is 0 Å². The molecule has 0 atom stereocenters. The molecule has 5 aromatic carbocycles. The summed E-state index contributed by atoms with van der Waals surface area (Å²) >= 11 is 0. The van der Waals surface area contributed by atoms with E-state index in [4.69, 9.17) is 0 Å². The van der Waals surface area contributed by atoms with Crippen molar-refractivity contribution >= 4 is 0 Å². The molecule has 6 rings (SSSR count). The van der Waals surface area contributed by atoms with Crippen molar-refractivity contribution in [2.45, 2.75) is 31.6 Å². The van der Waals surface area contributed by atoms with Crippen molar-refractivity contribution in [3.05, 3.63) is 155 Å². The smallest absolute Gasteiger partial charge is 0.0991 e. The van der Waals surface area contributed by atoms with Gasteiger partial charge in [0.05, 0.1) is 17.0 Å². The van der Waals surface area contributed by atoms with Crippen LogP contribution in [0.15, 0.2) is 121 Å². The number of benzene rings is 5. The number of nitriles is 1. The molecule has 5 aromatic rings. The normalized spacial score (nSPS) is 13.5. The summed E-state index contributed by atoms with van der Waals surface area (Å²) in [6.45, 7) is 6.74. The molecular formula is C36H29N. The van der Waals surface area contributed by atoms with Crippen LogP contribution >= 0.6 is 0 Å². The van der Waals surface area contributed by atoms with E-state index in [1.54, 1.807) is 0 Å². The van der Waals surface area contributed by atoms with Crippen LogP contribution in [0, 0.1) is 11.3 Å². The van der Waals surface area contributed by atoms with E-state index in [1.165, 1.54) is 50.1 Å². The van der Waals surface area contributed by atoms with Crippen LogP contribution in [-0.4, -0.2) is 0 Å². The van der Waals surface area contributed by atoms with Gasteiger partial charge >= 0.3 is 0 Å². The van der Waals surface area contributed by atoms with Crippen molar-refractivity contribution in [2.75, 3.05) is 0 Å². The Morgan fingerprint density at radius 2 is 1.08 bits per heavy atom. The van der Waals surface area contributed by atoms with Gasteiger partial charge < -0.3 is 0 Å². The van der Waals surface area contributed by atoms with Gasteiger partial charge in [0, 0.05) is 0 Å². The average Bonchev–Trinajstić information content (AvgIpc) is 3.23. The van der Waals surface area contributed by atoms with Crippen LogP contribution in [0.1, 0.15) is 54.2 Å². The standard InChI is InChI=1S/C36H29N/c1-35(2,3)28-18-15-26(16-19-28)27-17-21-32-31-20-14-25(24-37)22-33(31)36(34(32)23-27,29-10-6-4-7-11-29)30-12-8-5-9-13-30/h4-23H,1-3H3. The number of fused-ring (bicyclic) bond motifs is 3. The highest BCUT2D eigenvalue weighted by atomic mass is 14.5. The molecule has 0 fully saturated rings. The summed E-state index contributed by atoms with van der Waals surface area (Å²) in [7, 11) is 0. The summed E-state index contributed by atoms with van der Waals surface area (Å²) < 4.78 is 0. The van der Waals surface area contributed by atoms with Crippen LogP contribution in [-0.2, 0) is 10.8 Å². The maximum absolute atomic E-state index is 9.82. The van der Waals surface area contributed by atoms with Crippen LogP contribution in [0.5, 0.6) is 0 Å². The van der Waals surface area contributed by atoms with Gasteiger partial charge in [-0.05, 0) is 73.7 Å². The van der Waals surface area contributed by atoms with Gasteiger partial charge in [0.25, 0.3) is 0 Å². The molecule has 0 unspecified atom stereocenters. The maximum atomic E-state index is 9.82. The molecule has 1 heteroatoms. The first-order valence-electron chi connectivity index (χ1n) is 12.8. The Balaban J connectivity index is 1.66. The number of hydrogen-bond donors (Lipinski definition) is 0. The molecule has 1 aliphatic rings. The maximum Gasteiger partial charge on any atom is 0.0991 e. The molecule has 0 saturated heterocycles. The first kappa shape index (κ1) is 23.0. The van der Waals surface area contributed by atoms with Crippen LogP contribution < -0.4 is 0 Å². The van der Waals surface area contributed by atoms with Crippen molar-refractivity contribution in [1.82, 2.24) is 0 Å². The largest absolute Gasteiger partial charge is 0.192 e. The molecule has 0 aromatic heterocycles. The van der Waals surface area contributed by atoms with E-state index in [1.807, 2.05) is 6.07 Å². The van der Waals surface area contributed by atoms with E-state index < -0.39 is 5.41 Å². The lowest BCUT2D eigenvalue weighted by Crippen LogP contribution is -2.28. The van der Waals surface area contributed by atoms with Gasteiger partial charge in [-0.1, -0.05) is 124 Å². The zero-order valence-corrected chi connectivity index (χ0v) is 21.5. The molecule has 37 heavy (non-hydrogen) atoms. The Morgan fingerprint density at radius 1 is 0.568 bits per heavy atom. The molecule has 0 radical (unpaired) electrons. The zero-order valence-electron chi connectivity index (χ0n) is 21.5. The predicted molar refractivity (Wildman–Crippen MR) is 153 cm³/mol. The number of rotatable bonds is 3. The third-order valence-electron chi connectivity index (χ3n) is 7.76. The molecule has 0 aliphatic heterocycles. The lowest BCUT2D eigenvalue weighted by molar-refractivity contribution is 0.590. The second kappa shape index (κ2) is 8.61. The van der Waals surface area contributed by atoms with Crippen molar-refractivity contribution < 1.29 is 0 Å². The Kier molecular flexibility index (Phi) is 5.36. The second-order valence-corrected chi connectivity index (χ2v) is 10.9. The van der Waals surface area contributed by atoms with Crippen LogP contribution in [0.3, 0.4) is 0 Å². The molecule has 1 aliphatic carbocycles. The summed E-state index contributed by atoms with van der Waals surface area (Å²) in [5.74, 6) is 0. The van der Waals surface area contributed by atoms with Gasteiger partial charge in [-0.25, -0.2) is 0 Å². The molecule has 178 valence electrons. The van der Waals surface area contributed by atoms with Crippen molar-refractivity contribution in [3.63, 3.8) is 0 Å². The van der Waals surface area contributed by atoms with E-state index >= 15 is 0 Å². The topological polar surface area (TPSA) is 23.8 Å². The second-order valence-electron chi connectivity index (χ2n) is 10.9. The quantitative estimate of drug-likeness (QED) is 0.251. The summed E-state index contributed by atoms with van der Waals surface area (Å²) in [6, 6.07) is 45.8. The Hall–Kier alpha value is -4.41. The fraction of sp³-hybridized carbons (Fsp3) is 0.139. The van der Waals surface area contributed by atoms with Gasteiger partial charge in [0.1, 0.15) is 0 Å². The lowest BCUT2D eigenvalue weighted by Gasteiger charge is -2.34. The fourth-order valence-corrected chi connectivity index (χ4v) is 5.90. The first-order valence-corrected chi connectivity index (χ1v) is 12.8. The van der Waals surface area contributed by atoms with Gasteiger partial charge in [0.2, 0.25) is 0 Å². The van der Waals surface area contributed by atoms with Crippen LogP contribution in [0.4, 0.5) is 0 Å². The van der Waals surface area contributed by atoms with E-state index in [-0.39, 0.29) is 5.41 Å². The first-order chi connectivity index (χ1) is 17.9. The van der Waals surface area contributed by atoms with E-state index in [9.17, 15) is 5.26 Å². The van der Waals surface area contributed by atoms with Crippen molar-refractivity contribution in [3.8, 4) is 28.3 Å². The number of nitrogens with zero attached hydrogens (tertiary/aromatic N) is 1. The molecule has 0 saturated carbocycles.